The van der Waals surface area contributed by atoms with Crippen molar-refractivity contribution in [2.45, 2.75) is 19.0 Å². The van der Waals surface area contributed by atoms with Gasteiger partial charge in [0.15, 0.2) is 0 Å². The van der Waals surface area contributed by atoms with E-state index in [1.807, 2.05) is 24.3 Å². The zero-order valence-corrected chi connectivity index (χ0v) is 11.4. The molecular weight excluding hydrogens is 254 g/mol. The van der Waals surface area contributed by atoms with E-state index in [9.17, 15) is 9.59 Å². The topological polar surface area (TPSA) is 84.2 Å². The molecule has 2 rings (SSSR count). The van der Waals surface area contributed by atoms with Gasteiger partial charge in [0.1, 0.15) is 0 Å². The number of hydrogen-bond donors (Lipinski definition) is 3. The molecule has 0 aliphatic heterocycles. The highest BCUT2D eigenvalue weighted by Crippen LogP contribution is 2.16. The molecule has 5 nitrogen and oxygen atoms in total. The molecule has 0 saturated heterocycles. The molecule has 0 fully saturated rings. The maximum atomic E-state index is 11.9. The summed E-state index contributed by atoms with van der Waals surface area (Å²) in [5.41, 5.74) is 7.28. The lowest BCUT2D eigenvalue weighted by molar-refractivity contribution is -0.123. The van der Waals surface area contributed by atoms with Gasteiger partial charge in [0.05, 0.1) is 5.92 Å². The summed E-state index contributed by atoms with van der Waals surface area (Å²) in [6, 6.07) is 7.14. The third-order valence-corrected chi connectivity index (χ3v) is 3.36. The highest BCUT2D eigenvalue weighted by Gasteiger charge is 2.22. The minimum absolute atomic E-state index is 0.00965. The van der Waals surface area contributed by atoms with Crippen molar-refractivity contribution < 1.29 is 9.59 Å². The second-order valence-corrected chi connectivity index (χ2v) is 4.88. The molecule has 0 bridgehead atoms. The molecule has 1 aliphatic rings. The first-order valence-electron chi connectivity index (χ1n) is 6.63. The van der Waals surface area contributed by atoms with Gasteiger partial charge in [0, 0.05) is 25.2 Å². The summed E-state index contributed by atoms with van der Waals surface area (Å²) in [5, 5.41) is 5.44. The van der Waals surface area contributed by atoms with Crippen LogP contribution < -0.4 is 16.4 Å². The van der Waals surface area contributed by atoms with Gasteiger partial charge in [-0.1, -0.05) is 24.3 Å². The summed E-state index contributed by atoms with van der Waals surface area (Å²) in [4.78, 5) is 23.3. The molecule has 5 heteroatoms. The normalized spacial score (nSPS) is 20.7. The van der Waals surface area contributed by atoms with Crippen LogP contribution in [-0.2, 0) is 11.3 Å². The van der Waals surface area contributed by atoms with Gasteiger partial charge in [-0.15, -0.1) is 0 Å². The van der Waals surface area contributed by atoms with Crippen LogP contribution in [0, 0.1) is 5.92 Å². The Bertz CT molecular complexity index is 522. The van der Waals surface area contributed by atoms with E-state index in [2.05, 4.69) is 10.6 Å². The van der Waals surface area contributed by atoms with Crippen molar-refractivity contribution in [3.05, 3.63) is 47.5 Å². The second-order valence-electron chi connectivity index (χ2n) is 4.88. The number of carbonyl (C=O) groups is 2. The van der Waals surface area contributed by atoms with Crippen LogP contribution in [0.3, 0.4) is 0 Å². The molecule has 0 radical (unpaired) electrons. The van der Waals surface area contributed by atoms with Gasteiger partial charge < -0.3 is 16.4 Å². The van der Waals surface area contributed by atoms with Crippen LogP contribution in [-0.4, -0.2) is 24.9 Å². The van der Waals surface area contributed by atoms with Gasteiger partial charge >= 0.3 is 0 Å². The average molecular weight is 273 g/mol. The quantitative estimate of drug-likeness (QED) is 0.701. The predicted molar refractivity (Wildman–Crippen MR) is 76.9 cm³/mol. The summed E-state index contributed by atoms with van der Waals surface area (Å²) in [6.45, 7) is 0.451. The van der Waals surface area contributed by atoms with Crippen molar-refractivity contribution in [2.24, 2.45) is 11.7 Å². The van der Waals surface area contributed by atoms with Crippen LogP contribution in [0.2, 0.25) is 0 Å². The minimum atomic E-state index is -0.129. The van der Waals surface area contributed by atoms with Crippen LogP contribution in [0.5, 0.6) is 0 Å². The van der Waals surface area contributed by atoms with E-state index >= 15 is 0 Å². The van der Waals surface area contributed by atoms with Gasteiger partial charge in [0.25, 0.3) is 5.91 Å². The van der Waals surface area contributed by atoms with E-state index in [0.29, 0.717) is 18.5 Å². The zero-order chi connectivity index (χ0) is 14.5. The van der Waals surface area contributed by atoms with E-state index in [1.165, 1.54) is 0 Å². The zero-order valence-electron chi connectivity index (χ0n) is 11.4. The van der Waals surface area contributed by atoms with Crippen molar-refractivity contribution in [2.75, 3.05) is 7.05 Å². The minimum Gasteiger partial charge on any atom is -0.355 e. The Hall–Kier alpha value is -2.14. The van der Waals surface area contributed by atoms with Crippen LogP contribution in [0.4, 0.5) is 0 Å². The molecule has 106 valence electrons. The van der Waals surface area contributed by atoms with Crippen LogP contribution in [0.1, 0.15) is 22.3 Å². The Labute approximate surface area is 118 Å². The lowest BCUT2D eigenvalue weighted by Gasteiger charge is -2.10. The Morgan fingerprint density at radius 3 is 2.50 bits per heavy atom. The summed E-state index contributed by atoms with van der Waals surface area (Å²) in [5.74, 6) is -0.259. The van der Waals surface area contributed by atoms with Crippen LogP contribution in [0.15, 0.2) is 36.4 Å². The molecule has 20 heavy (non-hydrogen) atoms. The standard InChI is InChI=1S/C15H19N3O2/c1-17-14(19)11-4-2-10(3-5-11)9-18-15(20)12-6-7-13(16)8-12/h2-7,12-13H,8-9,16H2,1H3,(H,17,19)(H,18,20). The van der Waals surface area contributed by atoms with Crippen molar-refractivity contribution in [1.82, 2.24) is 10.6 Å². The number of carbonyl (C=O) groups excluding carboxylic acids is 2. The SMILES string of the molecule is CNC(=O)c1ccc(CNC(=O)C2C=CC(N)C2)cc1. The lowest BCUT2D eigenvalue weighted by atomic mass is 10.1. The van der Waals surface area contributed by atoms with Crippen LogP contribution in [0.25, 0.3) is 0 Å². The summed E-state index contributed by atoms with van der Waals surface area (Å²) in [7, 11) is 1.59. The molecule has 1 aromatic rings. The first kappa shape index (κ1) is 14.3. The molecule has 4 N–H and O–H groups in total. The van der Waals surface area contributed by atoms with Gasteiger partial charge in [-0.2, -0.15) is 0 Å². The summed E-state index contributed by atoms with van der Waals surface area (Å²) < 4.78 is 0. The first-order valence-corrected chi connectivity index (χ1v) is 6.63. The first-order chi connectivity index (χ1) is 9.60. The number of benzene rings is 1. The van der Waals surface area contributed by atoms with Gasteiger partial charge in [-0.3, -0.25) is 9.59 Å². The third kappa shape index (κ3) is 3.45. The number of nitrogens with two attached hydrogens (primary N) is 1. The largest absolute Gasteiger partial charge is 0.355 e. The number of hydrogen-bond acceptors (Lipinski definition) is 3. The Morgan fingerprint density at radius 2 is 1.95 bits per heavy atom. The molecule has 0 aromatic heterocycles. The van der Waals surface area contributed by atoms with E-state index in [1.54, 1.807) is 19.2 Å². The van der Waals surface area contributed by atoms with E-state index < -0.39 is 0 Å². The monoisotopic (exact) mass is 273 g/mol. The molecular formula is C15H19N3O2. The second kappa shape index (κ2) is 6.34. The maximum absolute atomic E-state index is 11.9. The van der Waals surface area contributed by atoms with Crippen molar-refractivity contribution in [1.29, 1.82) is 0 Å². The molecule has 1 aliphatic carbocycles. The lowest BCUT2D eigenvalue weighted by Crippen LogP contribution is -2.30. The molecule has 0 heterocycles. The Morgan fingerprint density at radius 1 is 1.25 bits per heavy atom. The Balaban J connectivity index is 1.86. The fourth-order valence-electron chi connectivity index (χ4n) is 2.16. The number of amides is 2. The van der Waals surface area contributed by atoms with Gasteiger partial charge in [-0.25, -0.2) is 0 Å². The van der Waals surface area contributed by atoms with Gasteiger partial charge in [-0.05, 0) is 24.1 Å². The molecule has 0 saturated carbocycles. The van der Waals surface area contributed by atoms with E-state index in [4.69, 9.17) is 5.73 Å². The Kier molecular flexibility index (Phi) is 4.53. The van der Waals surface area contributed by atoms with E-state index in [0.717, 1.165) is 5.56 Å². The maximum Gasteiger partial charge on any atom is 0.251 e. The fourth-order valence-corrected chi connectivity index (χ4v) is 2.16. The summed E-state index contributed by atoms with van der Waals surface area (Å²) in [6.07, 6.45) is 4.39. The van der Waals surface area contributed by atoms with Gasteiger partial charge in [0.2, 0.25) is 5.91 Å². The number of rotatable bonds is 4. The van der Waals surface area contributed by atoms with Crippen molar-refractivity contribution in [3.63, 3.8) is 0 Å². The molecule has 1 aromatic carbocycles. The average Bonchev–Trinajstić information content (AvgIpc) is 2.91. The predicted octanol–water partition coefficient (Wildman–Crippen LogP) is 0.566. The van der Waals surface area contributed by atoms with E-state index in [-0.39, 0.29) is 23.8 Å². The molecule has 2 amide bonds. The smallest absolute Gasteiger partial charge is 0.251 e. The fraction of sp³-hybridized carbons (Fsp3) is 0.333. The summed E-state index contributed by atoms with van der Waals surface area (Å²) >= 11 is 0. The molecule has 2 atom stereocenters. The molecule has 0 spiro atoms. The molecule has 2 unspecified atom stereocenters. The third-order valence-electron chi connectivity index (χ3n) is 3.36. The number of nitrogens with one attached hydrogen (secondary N) is 2. The highest BCUT2D eigenvalue weighted by atomic mass is 16.2. The van der Waals surface area contributed by atoms with Crippen molar-refractivity contribution >= 4 is 11.8 Å². The van der Waals surface area contributed by atoms with Crippen LogP contribution >= 0.6 is 0 Å². The van der Waals surface area contributed by atoms with Crippen molar-refractivity contribution in [3.8, 4) is 0 Å². The highest BCUT2D eigenvalue weighted by molar-refractivity contribution is 5.93.